The van der Waals surface area contributed by atoms with Crippen LogP contribution in [0.25, 0.3) is 0 Å². The summed E-state index contributed by atoms with van der Waals surface area (Å²) >= 11 is 0. The van der Waals surface area contributed by atoms with Crippen molar-refractivity contribution in [2.24, 2.45) is 12.8 Å². The molecule has 0 aliphatic carbocycles. The molecule has 0 amide bonds. The number of aromatic nitrogens is 2. The first kappa shape index (κ1) is 11.6. The van der Waals surface area contributed by atoms with Crippen LogP contribution in [0.2, 0.25) is 0 Å². The third-order valence-electron chi connectivity index (χ3n) is 3.21. The highest BCUT2D eigenvalue weighted by Crippen LogP contribution is 2.25. The van der Waals surface area contributed by atoms with E-state index in [9.17, 15) is 0 Å². The van der Waals surface area contributed by atoms with Crippen LogP contribution in [0.5, 0.6) is 0 Å². The van der Waals surface area contributed by atoms with Crippen molar-refractivity contribution in [3.63, 3.8) is 0 Å². The molecule has 2 atom stereocenters. The summed E-state index contributed by atoms with van der Waals surface area (Å²) in [5.74, 6) is 0.408. The van der Waals surface area contributed by atoms with Crippen LogP contribution in [-0.2, 0) is 11.8 Å². The summed E-state index contributed by atoms with van der Waals surface area (Å²) in [6.07, 6.45) is 3.98. The first-order valence-electron chi connectivity index (χ1n) is 5.66. The van der Waals surface area contributed by atoms with E-state index >= 15 is 0 Å². The number of methoxy groups -OCH3 is 1. The van der Waals surface area contributed by atoms with Gasteiger partial charge in [0.1, 0.15) is 0 Å². The zero-order chi connectivity index (χ0) is 11.5. The Morgan fingerprint density at radius 1 is 1.56 bits per heavy atom. The molecule has 0 aromatic carbocycles. The molecule has 0 saturated carbocycles. The summed E-state index contributed by atoms with van der Waals surface area (Å²) in [6, 6.07) is 0.209. The fraction of sp³-hybridized carbons (Fsp3) is 0.727. The van der Waals surface area contributed by atoms with Gasteiger partial charge in [0.25, 0.3) is 0 Å². The minimum Gasteiger partial charge on any atom is -0.383 e. The van der Waals surface area contributed by atoms with Crippen molar-refractivity contribution < 1.29 is 4.74 Å². The third-order valence-corrected chi connectivity index (χ3v) is 3.21. The number of nitrogens with zero attached hydrogens (tertiary/aromatic N) is 3. The Bertz CT molecular complexity index is 338. The zero-order valence-electron chi connectivity index (χ0n) is 9.97. The zero-order valence-corrected chi connectivity index (χ0v) is 9.97. The van der Waals surface area contributed by atoms with E-state index < -0.39 is 0 Å². The van der Waals surface area contributed by atoms with Gasteiger partial charge in [0.2, 0.25) is 0 Å². The van der Waals surface area contributed by atoms with Crippen LogP contribution >= 0.6 is 0 Å². The fourth-order valence-electron chi connectivity index (χ4n) is 2.30. The minimum atomic E-state index is 0.209. The Kier molecular flexibility index (Phi) is 3.58. The SMILES string of the molecule is COCCN1CC(N)C(c2cnn(C)c2)C1. The Labute approximate surface area is 96.2 Å². The molecule has 1 aromatic heterocycles. The van der Waals surface area contributed by atoms with Gasteiger partial charge in [-0.2, -0.15) is 5.10 Å². The Morgan fingerprint density at radius 2 is 2.38 bits per heavy atom. The van der Waals surface area contributed by atoms with Crippen molar-refractivity contribution in [2.45, 2.75) is 12.0 Å². The molecule has 1 aliphatic heterocycles. The van der Waals surface area contributed by atoms with Crippen LogP contribution in [0.1, 0.15) is 11.5 Å². The maximum absolute atomic E-state index is 6.16. The highest BCUT2D eigenvalue weighted by atomic mass is 16.5. The number of rotatable bonds is 4. The predicted molar refractivity (Wildman–Crippen MR) is 62.2 cm³/mol. The number of aryl methyl sites for hydroxylation is 1. The molecule has 2 rings (SSSR count). The van der Waals surface area contributed by atoms with Gasteiger partial charge in [0.05, 0.1) is 12.8 Å². The van der Waals surface area contributed by atoms with E-state index in [2.05, 4.69) is 16.2 Å². The van der Waals surface area contributed by atoms with E-state index in [0.29, 0.717) is 5.92 Å². The van der Waals surface area contributed by atoms with E-state index in [1.165, 1.54) is 5.56 Å². The maximum atomic E-state index is 6.16. The summed E-state index contributed by atoms with van der Waals surface area (Å²) in [7, 11) is 3.67. The molecule has 16 heavy (non-hydrogen) atoms. The molecular weight excluding hydrogens is 204 g/mol. The molecule has 2 N–H and O–H groups in total. The second-order valence-electron chi connectivity index (χ2n) is 4.47. The van der Waals surface area contributed by atoms with E-state index in [4.69, 9.17) is 10.5 Å². The molecular formula is C11H20N4O. The Hall–Kier alpha value is -0.910. The standard InChI is InChI=1S/C11H20N4O/c1-14-6-9(5-13-14)10-7-15(3-4-16-2)8-11(10)12/h5-6,10-11H,3-4,7-8,12H2,1-2H3. The van der Waals surface area contributed by atoms with Crippen LogP contribution in [0, 0.1) is 0 Å². The topological polar surface area (TPSA) is 56.3 Å². The normalized spacial score (nSPS) is 26.4. The minimum absolute atomic E-state index is 0.209. The van der Waals surface area contributed by atoms with Crippen LogP contribution in [0.4, 0.5) is 0 Å². The molecule has 1 saturated heterocycles. The quantitative estimate of drug-likeness (QED) is 0.769. The molecule has 0 spiro atoms. The smallest absolute Gasteiger partial charge is 0.0589 e. The van der Waals surface area contributed by atoms with Crippen LogP contribution in [0.15, 0.2) is 12.4 Å². The lowest BCUT2D eigenvalue weighted by Gasteiger charge is -2.14. The van der Waals surface area contributed by atoms with Crippen LogP contribution < -0.4 is 5.73 Å². The van der Waals surface area contributed by atoms with Gasteiger partial charge in [-0.25, -0.2) is 0 Å². The van der Waals surface area contributed by atoms with Gasteiger partial charge in [-0.3, -0.25) is 9.58 Å². The van der Waals surface area contributed by atoms with Gasteiger partial charge in [-0.05, 0) is 5.56 Å². The average Bonchev–Trinajstić information content (AvgIpc) is 2.82. The molecule has 5 heteroatoms. The molecule has 90 valence electrons. The van der Waals surface area contributed by atoms with Crippen molar-refractivity contribution in [2.75, 3.05) is 33.4 Å². The Morgan fingerprint density at radius 3 is 3.00 bits per heavy atom. The van der Waals surface area contributed by atoms with E-state index in [1.54, 1.807) is 7.11 Å². The molecule has 0 bridgehead atoms. The second kappa shape index (κ2) is 4.95. The molecule has 0 radical (unpaired) electrons. The maximum Gasteiger partial charge on any atom is 0.0589 e. The molecule has 1 aliphatic rings. The lowest BCUT2D eigenvalue weighted by Crippen LogP contribution is -2.30. The largest absolute Gasteiger partial charge is 0.383 e. The van der Waals surface area contributed by atoms with Crippen molar-refractivity contribution in [1.29, 1.82) is 0 Å². The summed E-state index contributed by atoms with van der Waals surface area (Å²) in [4.78, 5) is 2.35. The van der Waals surface area contributed by atoms with Gasteiger partial charge >= 0.3 is 0 Å². The first-order chi connectivity index (χ1) is 7.70. The lowest BCUT2D eigenvalue weighted by molar-refractivity contribution is 0.160. The second-order valence-corrected chi connectivity index (χ2v) is 4.47. The van der Waals surface area contributed by atoms with Gasteiger partial charge < -0.3 is 10.5 Å². The van der Waals surface area contributed by atoms with E-state index in [-0.39, 0.29) is 6.04 Å². The summed E-state index contributed by atoms with van der Waals surface area (Å²) in [5, 5.41) is 4.20. The summed E-state index contributed by atoms with van der Waals surface area (Å²) < 4.78 is 6.92. The highest BCUT2D eigenvalue weighted by molar-refractivity contribution is 5.17. The number of hydrogen-bond acceptors (Lipinski definition) is 4. The van der Waals surface area contributed by atoms with Gasteiger partial charge in [0.15, 0.2) is 0 Å². The number of nitrogens with two attached hydrogens (primary N) is 1. The first-order valence-corrected chi connectivity index (χ1v) is 5.66. The number of hydrogen-bond donors (Lipinski definition) is 1. The van der Waals surface area contributed by atoms with E-state index in [1.807, 2.05) is 17.9 Å². The van der Waals surface area contributed by atoms with Gasteiger partial charge in [0, 0.05) is 51.9 Å². The number of ether oxygens (including phenoxy) is 1. The average molecular weight is 224 g/mol. The van der Waals surface area contributed by atoms with Crippen molar-refractivity contribution in [3.8, 4) is 0 Å². The number of likely N-dealkylation sites (tertiary alicyclic amines) is 1. The molecule has 5 nitrogen and oxygen atoms in total. The van der Waals surface area contributed by atoms with Crippen LogP contribution in [0.3, 0.4) is 0 Å². The van der Waals surface area contributed by atoms with E-state index in [0.717, 1.165) is 26.2 Å². The van der Waals surface area contributed by atoms with Gasteiger partial charge in [-0.1, -0.05) is 0 Å². The molecule has 2 unspecified atom stereocenters. The van der Waals surface area contributed by atoms with Crippen molar-refractivity contribution in [3.05, 3.63) is 18.0 Å². The lowest BCUT2D eigenvalue weighted by atomic mass is 9.98. The van der Waals surface area contributed by atoms with Crippen molar-refractivity contribution in [1.82, 2.24) is 14.7 Å². The van der Waals surface area contributed by atoms with Gasteiger partial charge in [-0.15, -0.1) is 0 Å². The summed E-state index contributed by atoms with van der Waals surface area (Å²) in [5.41, 5.74) is 7.41. The summed E-state index contributed by atoms with van der Waals surface area (Å²) in [6.45, 7) is 3.69. The molecule has 2 heterocycles. The highest BCUT2D eigenvalue weighted by Gasteiger charge is 2.31. The monoisotopic (exact) mass is 224 g/mol. The van der Waals surface area contributed by atoms with Crippen LogP contribution in [-0.4, -0.2) is 54.1 Å². The molecule has 1 fully saturated rings. The third kappa shape index (κ3) is 2.42. The van der Waals surface area contributed by atoms with Crippen molar-refractivity contribution >= 4 is 0 Å². The Balaban J connectivity index is 1.97. The predicted octanol–water partition coefficient (Wildman–Crippen LogP) is -0.207. The molecule has 1 aromatic rings. The fourth-order valence-corrected chi connectivity index (χ4v) is 2.30.